The van der Waals surface area contributed by atoms with Gasteiger partial charge in [-0.05, 0) is 21.5 Å². The number of hydrogen-bond donors (Lipinski definition) is 1. The van der Waals surface area contributed by atoms with Gasteiger partial charge in [0.05, 0.1) is 16.6 Å². The Kier molecular flexibility index (Phi) is 3.94. The van der Waals surface area contributed by atoms with Gasteiger partial charge in [0.1, 0.15) is 11.5 Å². The molecular formula is C16H12BrFN2O2. The molecule has 3 rings (SSSR count). The number of fused-ring (bicyclic) bond motifs is 1. The van der Waals surface area contributed by atoms with Crippen molar-refractivity contribution in [2.24, 2.45) is 0 Å². The van der Waals surface area contributed by atoms with Gasteiger partial charge in [0.25, 0.3) is 0 Å². The molecule has 0 amide bonds. The van der Waals surface area contributed by atoms with Crippen molar-refractivity contribution >= 4 is 27.5 Å². The molecule has 6 heteroatoms. The third-order valence-electron chi connectivity index (χ3n) is 3.52. The summed E-state index contributed by atoms with van der Waals surface area (Å²) in [5, 5.41) is 9.22. The number of halogens is 2. The van der Waals surface area contributed by atoms with E-state index in [1.807, 2.05) is 30.3 Å². The molecule has 1 atom stereocenters. The highest BCUT2D eigenvalue weighted by Crippen LogP contribution is 2.30. The first-order valence-corrected chi connectivity index (χ1v) is 7.44. The van der Waals surface area contributed by atoms with Crippen molar-refractivity contribution in [1.29, 1.82) is 0 Å². The second-order valence-electron chi connectivity index (χ2n) is 4.94. The molecule has 112 valence electrons. The SMILES string of the molecule is O=C(O)CC(c1ccccc1)c1cnc2cc(F)c(Br)cn12. The van der Waals surface area contributed by atoms with Gasteiger partial charge in [-0.2, -0.15) is 0 Å². The summed E-state index contributed by atoms with van der Waals surface area (Å²) < 4.78 is 15.6. The van der Waals surface area contributed by atoms with E-state index in [1.165, 1.54) is 6.07 Å². The lowest BCUT2D eigenvalue weighted by Crippen LogP contribution is -2.10. The number of nitrogens with zero attached hydrogens (tertiary/aromatic N) is 2. The highest BCUT2D eigenvalue weighted by Gasteiger charge is 2.22. The van der Waals surface area contributed by atoms with Gasteiger partial charge in [0.2, 0.25) is 0 Å². The molecule has 0 aliphatic carbocycles. The van der Waals surface area contributed by atoms with Crippen molar-refractivity contribution in [1.82, 2.24) is 9.38 Å². The fraction of sp³-hybridized carbons (Fsp3) is 0.125. The Hall–Kier alpha value is -2.21. The molecule has 0 aliphatic rings. The van der Waals surface area contributed by atoms with E-state index in [4.69, 9.17) is 0 Å². The van der Waals surface area contributed by atoms with Crippen LogP contribution in [0.4, 0.5) is 4.39 Å². The lowest BCUT2D eigenvalue weighted by atomic mass is 9.93. The van der Waals surface area contributed by atoms with Crippen LogP contribution in [0, 0.1) is 5.82 Å². The third-order valence-corrected chi connectivity index (χ3v) is 4.10. The molecule has 0 saturated heterocycles. The molecule has 0 aliphatic heterocycles. The fourth-order valence-electron chi connectivity index (χ4n) is 2.50. The minimum atomic E-state index is -0.898. The first-order chi connectivity index (χ1) is 10.6. The van der Waals surface area contributed by atoms with E-state index in [2.05, 4.69) is 20.9 Å². The van der Waals surface area contributed by atoms with Crippen molar-refractivity contribution in [3.8, 4) is 0 Å². The van der Waals surface area contributed by atoms with Crippen LogP contribution in [0.5, 0.6) is 0 Å². The molecule has 0 fully saturated rings. The summed E-state index contributed by atoms with van der Waals surface area (Å²) in [5.41, 5.74) is 2.04. The van der Waals surface area contributed by atoms with Crippen LogP contribution in [0.15, 0.2) is 53.3 Å². The molecule has 3 aromatic rings. The molecule has 2 heterocycles. The van der Waals surface area contributed by atoms with Crippen LogP contribution in [0.2, 0.25) is 0 Å². The zero-order valence-corrected chi connectivity index (χ0v) is 13.0. The maximum absolute atomic E-state index is 13.6. The Bertz CT molecular complexity index is 833. The van der Waals surface area contributed by atoms with Crippen LogP contribution in [0.25, 0.3) is 5.65 Å². The Morgan fingerprint density at radius 3 is 2.77 bits per heavy atom. The van der Waals surface area contributed by atoms with Gasteiger partial charge >= 0.3 is 5.97 Å². The smallest absolute Gasteiger partial charge is 0.304 e. The molecule has 22 heavy (non-hydrogen) atoms. The third kappa shape index (κ3) is 2.74. The molecule has 0 spiro atoms. The van der Waals surface area contributed by atoms with Crippen LogP contribution in [-0.2, 0) is 4.79 Å². The molecule has 1 unspecified atom stereocenters. The van der Waals surface area contributed by atoms with E-state index in [-0.39, 0.29) is 12.3 Å². The highest BCUT2D eigenvalue weighted by atomic mass is 79.9. The Balaban J connectivity index is 2.16. The summed E-state index contributed by atoms with van der Waals surface area (Å²) in [5.74, 6) is -1.66. The molecule has 1 N–H and O–H groups in total. The summed E-state index contributed by atoms with van der Waals surface area (Å²) in [6.07, 6.45) is 3.11. The van der Waals surface area contributed by atoms with Crippen LogP contribution in [0.3, 0.4) is 0 Å². The van der Waals surface area contributed by atoms with E-state index in [0.717, 1.165) is 5.56 Å². The average molecular weight is 363 g/mol. The number of aromatic nitrogens is 2. The molecule has 4 nitrogen and oxygen atoms in total. The Morgan fingerprint density at radius 2 is 2.09 bits per heavy atom. The minimum absolute atomic E-state index is 0.0627. The second kappa shape index (κ2) is 5.88. The molecule has 0 saturated carbocycles. The van der Waals surface area contributed by atoms with Gasteiger partial charge in [0.15, 0.2) is 0 Å². The predicted molar refractivity (Wildman–Crippen MR) is 83.4 cm³/mol. The number of rotatable bonds is 4. The number of carboxylic acids is 1. The van der Waals surface area contributed by atoms with Gasteiger partial charge in [-0.3, -0.25) is 4.79 Å². The van der Waals surface area contributed by atoms with Crippen molar-refractivity contribution in [2.75, 3.05) is 0 Å². The largest absolute Gasteiger partial charge is 0.481 e. The number of benzene rings is 1. The van der Waals surface area contributed by atoms with E-state index >= 15 is 0 Å². The van der Waals surface area contributed by atoms with Crippen LogP contribution < -0.4 is 0 Å². The number of carboxylic acid groups (broad SMARTS) is 1. The number of imidazole rings is 1. The maximum Gasteiger partial charge on any atom is 0.304 e. The van der Waals surface area contributed by atoms with Crippen LogP contribution >= 0.6 is 15.9 Å². The van der Waals surface area contributed by atoms with Crippen molar-refractivity contribution in [3.05, 3.63) is 70.3 Å². The average Bonchev–Trinajstić information content (AvgIpc) is 2.88. The Morgan fingerprint density at radius 1 is 1.36 bits per heavy atom. The maximum atomic E-state index is 13.6. The lowest BCUT2D eigenvalue weighted by molar-refractivity contribution is -0.137. The number of pyridine rings is 1. The first-order valence-electron chi connectivity index (χ1n) is 6.65. The first kappa shape index (κ1) is 14.7. The number of hydrogen-bond acceptors (Lipinski definition) is 2. The van der Waals surface area contributed by atoms with Crippen LogP contribution in [0.1, 0.15) is 23.6 Å². The summed E-state index contributed by atoms with van der Waals surface area (Å²) in [4.78, 5) is 15.4. The second-order valence-corrected chi connectivity index (χ2v) is 5.80. The number of carbonyl (C=O) groups is 1. The van der Waals surface area contributed by atoms with Gasteiger partial charge in [-0.15, -0.1) is 0 Å². The van der Waals surface area contributed by atoms with Crippen molar-refractivity contribution < 1.29 is 14.3 Å². The summed E-state index contributed by atoms with van der Waals surface area (Å²) in [6, 6.07) is 10.7. The zero-order valence-electron chi connectivity index (χ0n) is 11.4. The topological polar surface area (TPSA) is 54.6 Å². The van der Waals surface area contributed by atoms with Crippen LogP contribution in [-0.4, -0.2) is 20.5 Å². The van der Waals surface area contributed by atoms with E-state index < -0.39 is 11.8 Å². The zero-order chi connectivity index (χ0) is 15.7. The Labute approximate surface area is 134 Å². The molecule has 0 radical (unpaired) electrons. The van der Waals surface area contributed by atoms with Crippen molar-refractivity contribution in [3.63, 3.8) is 0 Å². The van der Waals surface area contributed by atoms with Gasteiger partial charge in [-0.1, -0.05) is 30.3 Å². The fourth-order valence-corrected chi connectivity index (χ4v) is 2.82. The van der Waals surface area contributed by atoms with E-state index in [1.54, 1.807) is 16.8 Å². The molecular weight excluding hydrogens is 351 g/mol. The van der Waals surface area contributed by atoms with E-state index in [9.17, 15) is 14.3 Å². The summed E-state index contributed by atoms with van der Waals surface area (Å²) >= 11 is 3.15. The molecule has 2 aromatic heterocycles. The van der Waals surface area contributed by atoms with Gasteiger partial charge in [0, 0.05) is 24.4 Å². The monoisotopic (exact) mass is 362 g/mol. The molecule has 1 aromatic carbocycles. The minimum Gasteiger partial charge on any atom is -0.481 e. The standard InChI is InChI=1S/C16H12BrFN2O2/c17-12-9-20-14(8-19-15(20)7-13(12)18)11(6-16(21)22)10-4-2-1-3-5-10/h1-5,7-9,11H,6H2,(H,21,22). The summed E-state index contributed by atoms with van der Waals surface area (Å²) in [7, 11) is 0. The van der Waals surface area contributed by atoms with Crippen molar-refractivity contribution in [2.45, 2.75) is 12.3 Å². The van der Waals surface area contributed by atoms with Gasteiger partial charge < -0.3 is 9.51 Å². The normalized spacial score (nSPS) is 12.5. The highest BCUT2D eigenvalue weighted by molar-refractivity contribution is 9.10. The number of aliphatic carboxylic acids is 1. The lowest BCUT2D eigenvalue weighted by Gasteiger charge is -2.15. The quantitative estimate of drug-likeness (QED) is 0.766. The van der Waals surface area contributed by atoms with Gasteiger partial charge in [-0.25, -0.2) is 9.37 Å². The van der Waals surface area contributed by atoms with E-state index in [0.29, 0.717) is 15.8 Å². The predicted octanol–water partition coefficient (Wildman–Crippen LogP) is 3.84. The summed E-state index contributed by atoms with van der Waals surface area (Å²) in [6.45, 7) is 0. The molecule has 0 bridgehead atoms.